The minimum absolute atomic E-state index is 0.389. The van der Waals surface area contributed by atoms with Crippen molar-refractivity contribution in [3.63, 3.8) is 0 Å². The summed E-state index contributed by atoms with van der Waals surface area (Å²) in [6.45, 7) is 3.38. The zero-order valence-corrected chi connectivity index (χ0v) is 8.87. The van der Waals surface area contributed by atoms with Crippen molar-refractivity contribution in [3.8, 4) is 5.75 Å². The number of ether oxygens (including phenoxy) is 1. The summed E-state index contributed by atoms with van der Waals surface area (Å²) in [5.74, 6) is 0.111. The summed E-state index contributed by atoms with van der Waals surface area (Å²) in [5.41, 5.74) is -0.316. The summed E-state index contributed by atoms with van der Waals surface area (Å²) < 4.78 is 18.1. The molecular formula is C11H12FNO2. The number of carbonyl (C=O) groups excluding carboxylic acids is 1. The van der Waals surface area contributed by atoms with E-state index in [-0.39, 0.29) is 5.82 Å². The quantitative estimate of drug-likeness (QED) is 0.566. The Kier molecular flexibility index (Phi) is 3.22. The number of halogens is 1. The van der Waals surface area contributed by atoms with Crippen LogP contribution in [-0.2, 0) is 10.3 Å². The number of aliphatic imine (C=N–C) groups is 1. The Morgan fingerprint density at radius 1 is 1.47 bits per heavy atom. The SMILES string of the molecule is COc1ccc(F)cc1C(C)(C)N=C=O. The number of isocyanates is 1. The highest BCUT2D eigenvalue weighted by atomic mass is 19.1. The molecule has 0 aliphatic carbocycles. The van der Waals surface area contributed by atoms with Crippen LogP contribution in [0.25, 0.3) is 0 Å². The third-order valence-corrected chi connectivity index (χ3v) is 2.15. The van der Waals surface area contributed by atoms with Crippen LogP contribution in [0.5, 0.6) is 5.75 Å². The predicted octanol–water partition coefficient (Wildman–Crippen LogP) is 2.41. The molecule has 3 nitrogen and oxygen atoms in total. The first-order chi connectivity index (χ1) is 7.01. The van der Waals surface area contributed by atoms with E-state index >= 15 is 0 Å². The normalized spacial score (nSPS) is 10.7. The molecule has 0 aromatic heterocycles. The highest BCUT2D eigenvalue weighted by Gasteiger charge is 2.24. The summed E-state index contributed by atoms with van der Waals surface area (Å²) in [5, 5.41) is 0. The summed E-state index contributed by atoms with van der Waals surface area (Å²) >= 11 is 0. The standard InChI is InChI=1S/C11H12FNO2/c1-11(2,13-7-14)9-6-8(12)4-5-10(9)15-3/h4-6H,1-3H3. The van der Waals surface area contributed by atoms with Crippen LogP contribution in [-0.4, -0.2) is 13.2 Å². The highest BCUT2D eigenvalue weighted by molar-refractivity contribution is 5.43. The molecule has 0 bridgehead atoms. The Hall–Kier alpha value is -1.67. The van der Waals surface area contributed by atoms with Gasteiger partial charge in [-0.2, -0.15) is 4.99 Å². The van der Waals surface area contributed by atoms with Crippen molar-refractivity contribution in [2.45, 2.75) is 19.4 Å². The fraction of sp³-hybridized carbons (Fsp3) is 0.364. The second-order valence-corrected chi connectivity index (χ2v) is 3.61. The van der Waals surface area contributed by atoms with Gasteiger partial charge in [0.05, 0.1) is 12.6 Å². The monoisotopic (exact) mass is 209 g/mol. The molecule has 0 radical (unpaired) electrons. The molecule has 0 unspecified atom stereocenters. The second kappa shape index (κ2) is 4.24. The Morgan fingerprint density at radius 2 is 2.13 bits per heavy atom. The maximum absolute atomic E-state index is 13.1. The van der Waals surface area contributed by atoms with E-state index in [1.54, 1.807) is 13.8 Å². The second-order valence-electron chi connectivity index (χ2n) is 3.61. The first-order valence-corrected chi connectivity index (χ1v) is 4.44. The van der Waals surface area contributed by atoms with Gasteiger partial charge in [0.1, 0.15) is 11.6 Å². The number of nitrogens with zero attached hydrogens (tertiary/aromatic N) is 1. The topological polar surface area (TPSA) is 38.7 Å². The van der Waals surface area contributed by atoms with Crippen molar-refractivity contribution in [1.82, 2.24) is 0 Å². The van der Waals surface area contributed by atoms with Gasteiger partial charge in [0.15, 0.2) is 0 Å². The lowest BCUT2D eigenvalue weighted by molar-refractivity contribution is 0.392. The van der Waals surface area contributed by atoms with Crippen LogP contribution in [0, 0.1) is 5.82 Å². The fourth-order valence-corrected chi connectivity index (χ4v) is 1.33. The van der Waals surface area contributed by atoms with Crippen LogP contribution >= 0.6 is 0 Å². The Labute approximate surface area is 87.6 Å². The third kappa shape index (κ3) is 2.42. The summed E-state index contributed by atoms with van der Waals surface area (Å²) in [7, 11) is 1.48. The molecule has 0 heterocycles. The van der Waals surface area contributed by atoms with Gasteiger partial charge in [0.2, 0.25) is 6.08 Å². The maximum Gasteiger partial charge on any atom is 0.235 e. The lowest BCUT2D eigenvalue weighted by atomic mass is 9.94. The molecule has 0 N–H and O–H groups in total. The van der Waals surface area contributed by atoms with E-state index in [1.165, 1.54) is 31.4 Å². The summed E-state index contributed by atoms with van der Waals surface area (Å²) in [6.07, 6.45) is 1.47. The number of rotatable bonds is 3. The Balaban J connectivity index is 3.33. The third-order valence-electron chi connectivity index (χ3n) is 2.15. The Bertz CT molecular complexity index is 409. The molecule has 0 aliphatic heterocycles. The zero-order chi connectivity index (χ0) is 11.5. The number of benzene rings is 1. The van der Waals surface area contributed by atoms with Gasteiger partial charge in [-0.1, -0.05) is 0 Å². The lowest BCUT2D eigenvalue weighted by Crippen LogP contribution is -2.15. The predicted molar refractivity (Wildman–Crippen MR) is 54.1 cm³/mol. The van der Waals surface area contributed by atoms with E-state index in [1.807, 2.05) is 0 Å². The number of hydrogen-bond acceptors (Lipinski definition) is 3. The average molecular weight is 209 g/mol. The molecule has 0 saturated carbocycles. The van der Waals surface area contributed by atoms with Crippen LogP contribution in [0.15, 0.2) is 23.2 Å². The van der Waals surface area contributed by atoms with Crippen LogP contribution < -0.4 is 4.74 Å². The molecule has 0 saturated heterocycles. The van der Waals surface area contributed by atoms with Crippen molar-refractivity contribution in [3.05, 3.63) is 29.6 Å². The number of methoxy groups -OCH3 is 1. The first kappa shape index (κ1) is 11.4. The largest absolute Gasteiger partial charge is 0.496 e. The van der Waals surface area contributed by atoms with Gasteiger partial charge in [-0.25, -0.2) is 9.18 Å². The molecule has 4 heteroatoms. The van der Waals surface area contributed by atoms with E-state index in [9.17, 15) is 9.18 Å². The Morgan fingerprint density at radius 3 is 2.67 bits per heavy atom. The van der Waals surface area contributed by atoms with Crippen LogP contribution in [0.1, 0.15) is 19.4 Å². The van der Waals surface area contributed by atoms with Gasteiger partial charge in [-0.15, -0.1) is 0 Å². The van der Waals surface area contributed by atoms with Crippen molar-refractivity contribution in [1.29, 1.82) is 0 Å². The molecule has 0 spiro atoms. The molecule has 1 aromatic rings. The van der Waals surface area contributed by atoms with Crippen LogP contribution in [0.3, 0.4) is 0 Å². The van der Waals surface area contributed by atoms with Gasteiger partial charge in [-0.3, -0.25) is 0 Å². The fourth-order valence-electron chi connectivity index (χ4n) is 1.33. The number of hydrogen-bond donors (Lipinski definition) is 0. The van der Waals surface area contributed by atoms with Gasteiger partial charge < -0.3 is 4.74 Å². The highest BCUT2D eigenvalue weighted by Crippen LogP contribution is 2.32. The van der Waals surface area contributed by atoms with Crippen LogP contribution in [0.4, 0.5) is 4.39 Å². The smallest absolute Gasteiger partial charge is 0.235 e. The minimum atomic E-state index is -0.838. The molecule has 15 heavy (non-hydrogen) atoms. The van der Waals surface area contributed by atoms with E-state index < -0.39 is 5.54 Å². The minimum Gasteiger partial charge on any atom is -0.496 e. The van der Waals surface area contributed by atoms with Gasteiger partial charge in [-0.05, 0) is 32.0 Å². The zero-order valence-electron chi connectivity index (χ0n) is 8.87. The van der Waals surface area contributed by atoms with E-state index in [0.717, 1.165) is 0 Å². The van der Waals surface area contributed by atoms with Crippen molar-refractivity contribution < 1.29 is 13.9 Å². The lowest BCUT2D eigenvalue weighted by Gasteiger charge is -2.20. The molecule has 1 aromatic carbocycles. The molecule has 0 amide bonds. The summed E-state index contributed by atoms with van der Waals surface area (Å²) in [4.78, 5) is 13.9. The van der Waals surface area contributed by atoms with E-state index in [0.29, 0.717) is 11.3 Å². The molecule has 1 rings (SSSR count). The van der Waals surface area contributed by atoms with Crippen LogP contribution in [0.2, 0.25) is 0 Å². The first-order valence-electron chi connectivity index (χ1n) is 4.44. The van der Waals surface area contributed by atoms with Gasteiger partial charge in [0, 0.05) is 5.56 Å². The van der Waals surface area contributed by atoms with Crippen molar-refractivity contribution in [2.75, 3.05) is 7.11 Å². The molecule has 0 fully saturated rings. The van der Waals surface area contributed by atoms with E-state index in [2.05, 4.69) is 4.99 Å². The maximum atomic E-state index is 13.1. The molecule has 0 aliphatic rings. The molecule has 0 atom stereocenters. The van der Waals surface area contributed by atoms with E-state index in [4.69, 9.17) is 4.74 Å². The van der Waals surface area contributed by atoms with Crippen molar-refractivity contribution in [2.24, 2.45) is 4.99 Å². The molecular weight excluding hydrogens is 197 g/mol. The van der Waals surface area contributed by atoms with Crippen molar-refractivity contribution >= 4 is 6.08 Å². The average Bonchev–Trinajstić information content (AvgIpc) is 2.17. The molecule has 80 valence electrons. The van der Waals surface area contributed by atoms with Gasteiger partial charge >= 0.3 is 0 Å². The summed E-state index contributed by atoms with van der Waals surface area (Å²) in [6, 6.07) is 4.11. The van der Waals surface area contributed by atoms with Gasteiger partial charge in [0.25, 0.3) is 0 Å².